The lowest BCUT2D eigenvalue weighted by Gasteiger charge is -2.29. The van der Waals surface area contributed by atoms with Gasteiger partial charge in [-0.3, -0.25) is 9.78 Å². The molecule has 1 aliphatic rings. The molecule has 2 aromatic heterocycles. The van der Waals surface area contributed by atoms with Gasteiger partial charge in [-0.15, -0.1) is 0 Å². The summed E-state index contributed by atoms with van der Waals surface area (Å²) in [5.41, 5.74) is 0.601. The van der Waals surface area contributed by atoms with Gasteiger partial charge in [0.1, 0.15) is 18.0 Å². The van der Waals surface area contributed by atoms with Crippen LogP contribution in [-0.4, -0.2) is 34.2 Å². The van der Waals surface area contributed by atoms with Crippen LogP contribution in [-0.2, 0) is 16.6 Å². The van der Waals surface area contributed by atoms with E-state index >= 15 is 0 Å². The Bertz CT molecular complexity index is 721. The molecule has 7 heteroatoms. The first kappa shape index (κ1) is 16.4. The number of hydrogen-bond donors (Lipinski definition) is 0. The van der Waals surface area contributed by atoms with Crippen molar-refractivity contribution in [2.24, 2.45) is 0 Å². The number of anilines is 1. The normalized spacial score (nSPS) is 14.2. The molecule has 3 rings (SSSR count). The molecule has 0 saturated carbocycles. The van der Waals surface area contributed by atoms with Gasteiger partial charge in [0.2, 0.25) is 11.8 Å². The molecule has 24 heavy (non-hydrogen) atoms. The van der Waals surface area contributed by atoms with Crippen molar-refractivity contribution in [1.82, 2.24) is 15.1 Å². The molecule has 128 valence electrons. The molecule has 0 aliphatic carbocycles. The minimum absolute atomic E-state index is 0.0584. The first-order valence-corrected chi connectivity index (χ1v) is 8.15. The van der Waals surface area contributed by atoms with Crippen molar-refractivity contribution in [3.05, 3.63) is 30.2 Å². The van der Waals surface area contributed by atoms with Crippen molar-refractivity contribution < 1.29 is 14.1 Å². The second-order valence-electron chi connectivity index (χ2n) is 6.85. The molecule has 0 N–H and O–H groups in total. The van der Waals surface area contributed by atoms with E-state index in [1.165, 1.54) is 0 Å². The zero-order valence-corrected chi connectivity index (χ0v) is 14.3. The van der Waals surface area contributed by atoms with Gasteiger partial charge in [0, 0.05) is 30.5 Å². The summed E-state index contributed by atoms with van der Waals surface area (Å²) in [7, 11) is 0. The maximum absolute atomic E-state index is 12.5. The number of amides is 1. The fourth-order valence-corrected chi connectivity index (χ4v) is 2.51. The maximum Gasteiger partial charge on any atom is 0.227 e. The van der Waals surface area contributed by atoms with Crippen LogP contribution in [0.2, 0.25) is 0 Å². The lowest BCUT2D eigenvalue weighted by atomic mass is 9.96. The molecule has 7 nitrogen and oxygen atoms in total. The van der Waals surface area contributed by atoms with Gasteiger partial charge in [-0.05, 0) is 6.42 Å². The summed E-state index contributed by atoms with van der Waals surface area (Å²) in [4.78, 5) is 22.7. The van der Waals surface area contributed by atoms with Crippen LogP contribution in [0.25, 0.3) is 0 Å². The number of carbonyl (C=O) groups excluding carboxylic acids is 1. The molecule has 0 radical (unpaired) electrons. The smallest absolute Gasteiger partial charge is 0.227 e. The Morgan fingerprint density at radius 3 is 2.96 bits per heavy atom. The number of pyridine rings is 1. The Kier molecular flexibility index (Phi) is 4.51. The van der Waals surface area contributed by atoms with Crippen LogP contribution in [0.4, 0.5) is 5.69 Å². The number of nitrogens with zero attached hydrogens (tertiary/aromatic N) is 4. The van der Waals surface area contributed by atoms with Gasteiger partial charge < -0.3 is 14.2 Å². The van der Waals surface area contributed by atoms with E-state index in [-0.39, 0.29) is 11.3 Å². The first-order chi connectivity index (χ1) is 11.4. The highest BCUT2D eigenvalue weighted by atomic mass is 16.5. The summed E-state index contributed by atoms with van der Waals surface area (Å²) >= 11 is 0. The van der Waals surface area contributed by atoms with Gasteiger partial charge in [0.25, 0.3) is 0 Å². The zero-order chi connectivity index (χ0) is 17.2. The number of carbonyl (C=O) groups is 1. The average Bonchev–Trinajstić information content (AvgIpc) is 3.03. The number of aromatic nitrogens is 3. The summed E-state index contributed by atoms with van der Waals surface area (Å²) in [6, 6.07) is 1.78. The largest absolute Gasteiger partial charge is 0.489 e. The molecular weight excluding hydrogens is 308 g/mol. The Morgan fingerprint density at radius 1 is 1.38 bits per heavy atom. The van der Waals surface area contributed by atoms with Crippen LogP contribution in [0.5, 0.6) is 5.75 Å². The van der Waals surface area contributed by atoms with Gasteiger partial charge in [0.15, 0.2) is 5.82 Å². The quantitative estimate of drug-likeness (QED) is 0.857. The lowest BCUT2D eigenvalue weighted by Crippen LogP contribution is -2.37. The first-order valence-electron chi connectivity index (χ1n) is 8.15. The second-order valence-corrected chi connectivity index (χ2v) is 6.85. The molecule has 0 saturated heterocycles. The van der Waals surface area contributed by atoms with Crippen LogP contribution >= 0.6 is 0 Å². The third kappa shape index (κ3) is 3.55. The summed E-state index contributed by atoms with van der Waals surface area (Å²) in [5.74, 6) is 2.04. The van der Waals surface area contributed by atoms with Crippen molar-refractivity contribution in [2.45, 2.75) is 45.4 Å². The van der Waals surface area contributed by atoms with Crippen molar-refractivity contribution in [3.63, 3.8) is 0 Å². The van der Waals surface area contributed by atoms with Gasteiger partial charge in [-0.1, -0.05) is 25.9 Å². The average molecular weight is 330 g/mol. The number of rotatable bonds is 4. The van der Waals surface area contributed by atoms with Gasteiger partial charge in [-0.2, -0.15) is 4.98 Å². The van der Waals surface area contributed by atoms with Gasteiger partial charge in [-0.25, -0.2) is 0 Å². The van der Waals surface area contributed by atoms with Gasteiger partial charge in [0.05, 0.1) is 12.7 Å². The molecule has 0 aromatic carbocycles. The Hall–Kier alpha value is -2.44. The number of aryl methyl sites for hydroxylation is 1. The van der Waals surface area contributed by atoms with Crippen molar-refractivity contribution >= 4 is 11.6 Å². The third-order valence-electron chi connectivity index (χ3n) is 3.85. The summed E-state index contributed by atoms with van der Waals surface area (Å²) in [6.45, 7) is 7.16. The number of hydrogen-bond acceptors (Lipinski definition) is 6. The minimum Gasteiger partial charge on any atom is -0.489 e. The van der Waals surface area contributed by atoms with Crippen LogP contribution in [0.3, 0.4) is 0 Å². The minimum atomic E-state index is -0.137. The van der Waals surface area contributed by atoms with Crippen LogP contribution in [0.15, 0.2) is 23.0 Å². The lowest BCUT2D eigenvalue weighted by molar-refractivity contribution is -0.119. The molecule has 1 aliphatic heterocycles. The summed E-state index contributed by atoms with van der Waals surface area (Å²) in [6.07, 6.45) is 5.01. The third-order valence-corrected chi connectivity index (χ3v) is 3.85. The fraction of sp³-hybridized carbons (Fsp3) is 0.529. The topological polar surface area (TPSA) is 81.4 Å². The monoisotopic (exact) mass is 330 g/mol. The van der Waals surface area contributed by atoms with E-state index in [0.717, 1.165) is 5.69 Å². The highest BCUT2D eigenvalue weighted by Gasteiger charge is 2.24. The molecule has 0 spiro atoms. The second kappa shape index (κ2) is 6.59. The molecule has 0 bridgehead atoms. The van der Waals surface area contributed by atoms with E-state index < -0.39 is 0 Å². The predicted molar refractivity (Wildman–Crippen MR) is 88.0 cm³/mol. The Balaban J connectivity index is 1.56. The van der Waals surface area contributed by atoms with Crippen LogP contribution in [0, 0.1) is 0 Å². The summed E-state index contributed by atoms with van der Waals surface area (Å²) < 4.78 is 10.8. The zero-order valence-electron chi connectivity index (χ0n) is 14.3. The van der Waals surface area contributed by atoms with Gasteiger partial charge >= 0.3 is 0 Å². The molecule has 0 unspecified atom stereocenters. The van der Waals surface area contributed by atoms with Crippen LogP contribution in [0.1, 0.15) is 45.3 Å². The Morgan fingerprint density at radius 2 is 2.21 bits per heavy atom. The highest BCUT2D eigenvalue weighted by Crippen LogP contribution is 2.30. The molecule has 0 atom stereocenters. The van der Waals surface area contributed by atoms with Crippen molar-refractivity contribution in [3.8, 4) is 5.75 Å². The van der Waals surface area contributed by atoms with E-state index in [9.17, 15) is 4.79 Å². The highest BCUT2D eigenvalue weighted by molar-refractivity contribution is 5.95. The molecule has 0 fully saturated rings. The van der Waals surface area contributed by atoms with E-state index in [4.69, 9.17) is 9.26 Å². The van der Waals surface area contributed by atoms with E-state index in [1.54, 1.807) is 23.4 Å². The number of ether oxygens (including phenoxy) is 1. The molecular formula is C17H22N4O3. The number of fused-ring (bicyclic) bond motifs is 1. The fourth-order valence-electron chi connectivity index (χ4n) is 2.51. The van der Waals surface area contributed by atoms with E-state index in [1.807, 2.05) is 20.8 Å². The van der Waals surface area contributed by atoms with Crippen molar-refractivity contribution in [1.29, 1.82) is 0 Å². The Labute approximate surface area is 141 Å². The standard InChI is InChI=1S/C17H22N4O3/c1-17(2,3)16-19-14(24-20-16)5-4-6-15(22)21-9-10-23-13-7-8-18-11-12(13)21/h7-8,11H,4-6,9-10H2,1-3H3. The molecule has 2 aromatic rings. The molecule has 1 amide bonds. The molecule has 3 heterocycles. The van der Waals surface area contributed by atoms with Crippen LogP contribution < -0.4 is 9.64 Å². The van der Waals surface area contributed by atoms with E-state index in [0.29, 0.717) is 49.9 Å². The summed E-state index contributed by atoms with van der Waals surface area (Å²) in [5, 5.41) is 4.00. The van der Waals surface area contributed by atoms with E-state index in [2.05, 4.69) is 15.1 Å². The SMILES string of the molecule is CC(C)(C)c1noc(CCCC(=O)N2CCOc3ccncc32)n1. The van der Waals surface area contributed by atoms with Crippen molar-refractivity contribution in [2.75, 3.05) is 18.1 Å². The predicted octanol–water partition coefficient (Wildman–Crippen LogP) is 2.51. The maximum atomic E-state index is 12.5.